The predicted molar refractivity (Wildman–Crippen MR) is 78.7 cm³/mol. The Kier molecular flexibility index (Phi) is 5.14. The zero-order chi connectivity index (χ0) is 13.7. The number of ether oxygens (including phenoxy) is 1. The summed E-state index contributed by atoms with van der Waals surface area (Å²) in [5, 5.41) is -0.0218. The fraction of sp³-hybridized carbons (Fsp3) is 0.533. The number of methoxy groups -OCH3 is 1. The van der Waals surface area contributed by atoms with Crippen LogP contribution in [-0.4, -0.2) is 36.3 Å². The monoisotopic (exact) mass is 279 g/mol. The van der Waals surface area contributed by atoms with E-state index in [0.717, 1.165) is 36.6 Å². The Hall–Kier alpha value is -1.16. The van der Waals surface area contributed by atoms with Crippen LogP contribution in [0.1, 0.15) is 26.2 Å². The summed E-state index contributed by atoms with van der Waals surface area (Å²) < 4.78 is 5.13. The predicted octanol–water partition coefficient (Wildman–Crippen LogP) is 3.19. The number of rotatable bonds is 4. The number of hydrogen-bond donors (Lipinski definition) is 0. The van der Waals surface area contributed by atoms with Crippen molar-refractivity contribution in [2.24, 2.45) is 0 Å². The maximum Gasteiger partial charge on any atom is 0.235 e. The average Bonchev–Trinajstić information content (AvgIpc) is 2.48. The maximum atomic E-state index is 12.3. The first-order chi connectivity index (χ1) is 9.20. The van der Waals surface area contributed by atoms with Crippen LogP contribution in [-0.2, 0) is 4.79 Å². The normalized spacial score (nSPS) is 17.1. The highest BCUT2D eigenvalue weighted by atomic mass is 32.2. The number of thioether (sulfide) groups is 1. The Labute approximate surface area is 119 Å². The van der Waals surface area contributed by atoms with Crippen LogP contribution in [0.2, 0.25) is 0 Å². The Morgan fingerprint density at radius 1 is 1.21 bits per heavy atom. The van der Waals surface area contributed by atoms with Gasteiger partial charge in [0.15, 0.2) is 0 Å². The molecule has 0 radical (unpaired) electrons. The molecule has 1 atom stereocenters. The van der Waals surface area contributed by atoms with E-state index in [-0.39, 0.29) is 11.2 Å². The summed E-state index contributed by atoms with van der Waals surface area (Å²) in [7, 11) is 1.66. The summed E-state index contributed by atoms with van der Waals surface area (Å²) in [6, 6.07) is 7.87. The summed E-state index contributed by atoms with van der Waals surface area (Å²) in [4.78, 5) is 15.4. The topological polar surface area (TPSA) is 29.5 Å². The molecule has 1 fully saturated rings. The molecule has 1 amide bonds. The Morgan fingerprint density at radius 3 is 2.42 bits per heavy atom. The summed E-state index contributed by atoms with van der Waals surface area (Å²) in [5.74, 6) is 1.11. The van der Waals surface area contributed by atoms with E-state index < -0.39 is 0 Å². The van der Waals surface area contributed by atoms with Gasteiger partial charge in [-0.15, -0.1) is 11.8 Å². The lowest BCUT2D eigenvalue weighted by Crippen LogP contribution is -2.40. The van der Waals surface area contributed by atoms with Crippen molar-refractivity contribution in [1.82, 2.24) is 4.90 Å². The lowest BCUT2D eigenvalue weighted by Gasteiger charge is -2.29. The Morgan fingerprint density at radius 2 is 1.84 bits per heavy atom. The zero-order valence-electron chi connectivity index (χ0n) is 11.6. The molecule has 1 aliphatic rings. The van der Waals surface area contributed by atoms with Crippen LogP contribution < -0.4 is 4.74 Å². The Bertz CT molecular complexity index is 413. The van der Waals surface area contributed by atoms with Crippen LogP contribution >= 0.6 is 11.8 Å². The van der Waals surface area contributed by atoms with Crippen LogP contribution in [0, 0.1) is 0 Å². The molecule has 0 saturated carbocycles. The van der Waals surface area contributed by atoms with Gasteiger partial charge in [-0.2, -0.15) is 0 Å². The molecule has 2 rings (SSSR count). The minimum absolute atomic E-state index is 0.0218. The first-order valence-electron chi connectivity index (χ1n) is 6.80. The number of piperidine rings is 1. The summed E-state index contributed by atoms with van der Waals surface area (Å²) in [6.07, 6.45) is 3.54. The van der Waals surface area contributed by atoms with Crippen LogP contribution in [0.3, 0.4) is 0 Å². The standard InChI is InChI=1S/C15H21NO2S/c1-12(15(17)16-10-4-3-5-11-16)19-14-8-6-13(18-2)7-9-14/h6-9,12H,3-5,10-11H2,1-2H3/t12-/m1/s1. The smallest absolute Gasteiger partial charge is 0.235 e. The van der Waals surface area contributed by atoms with Gasteiger partial charge in [0.05, 0.1) is 12.4 Å². The summed E-state index contributed by atoms with van der Waals surface area (Å²) in [5.41, 5.74) is 0. The first-order valence-corrected chi connectivity index (χ1v) is 7.68. The van der Waals surface area contributed by atoms with Crippen LogP contribution in [0.15, 0.2) is 29.2 Å². The average molecular weight is 279 g/mol. The van der Waals surface area contributed by atoms with E-state index in [0.29, 0.717) is 0 Å². The number of nitrogens with zero attached hydrogens (tertiary/aromatic N) is 1. The molecule has 0 N–H and O–H groups in total. The van der Waals surface area contributed by atoms with Crippen LogP contribution in [0.25, 0.3) is 0 Å². The van der Waals surface area contributed by atoms with Gasteiger partial charge in [0, 0.05) is 18.0 Å². The molecule has 1 aliphatic heterocycles. The minimum atomic E-state index is -0.0218. The van der Waals surface area contributed by atoms with Crippen LogP contribution in [0.4, 0.5) is 0 Å². The molecule has 104 valence electrons. The highest BCUT2D eigenvalue weighted by Crippen LogP contribution is 2.27. The molecule has 1 saturated heterocycles. The van der Waals surface area contributed by atoms with Crippen molar-refractivity contribution in [2.45, 2.75) is 36.3 Å². The lowest BCUT2D eigenvalue weighted by molar-refractivity contribution is -0.131. The van der Waals surface area contributed by atoms with Crippen molar-refractivity contribution in [3.63, 3.8) is 0 Å². The number of benzene rings is 1. The zero-order valence-corrected chi connectivity index (χ0v) is 12.4. The van der Waals surface area contributed by atoms with E-state index in [1.807, 2.05) is 36.1 Å². The highest BCUT2D eigenvalue weighted by Gasteiger charge is 2.22. The summed E-state index contributed by atoms with van der Waals surface area (Å²) in [6.45, 7) is 3.84. The van der Waals surface area contributed by atoms with E-state index in [2.05, 4.69) is 0 Å². The number of carbonyl (C=O) groups is 1. The molecule has 3 nitrogen and oxygen atoms in total. The van der Waals surface area contributed by atoms with Crippen LogP contribution in [0.5, 0.6) is 5.75 Å². The second-order valence-electron chi connectivity index (χ2n) is 4.82. The van der Waals surface area contributed by atoms with E-state index in [1.165, 1.54) is 6.42 Å². The van der Waals surface area contributed by atoms with Gasteiger partial charge in [-0.1, -0.05) is 0 Å². The van der Waals surface area contributed by atoms with Gasteiger partial charge in [-0.25, -0.2) is 0 Å². The van der Waals surface area contributed by atoms with Crippen molar-refractivity contribution in [3.8, 4) is 5.75 Å². The van der Waals surface area contributed by atoms with Gasteiger partial charge in [0.2, 0.25) is 5.91 Å². The van der Waals surface area contributed by atoms with Gasteiger partial charge in [0.1, 0.15) is 5.75 Å². The number of amides is 1. The number of likely N-dealkylation sites (tertiary alicyclic amines) is 1. The van der Waals surface area contributed by atoms with E-state index in [1.54, 1.807) is 18.9 Å². The first kappa shape index (κ1) is 14.3. The second kappa shape index (κ2) is 6.85. The molecule has 1 aromatic rings. The quantitative estimate of drug-likeness (QED) is 0.793. The molecule has 0 aromatic heterocycles. The van der Waals surface area contributed by atoms with Gasteiger partial charge >= 0.3 is 0 Å². The van der Waals surface area contributed by atoms with E-state index in [4.69, 9.17) is 4.74 Å². The van der Waals surface area contributed by atoms with E-state index >= 15 is 0 Å². The molecule has 19 heavy (non-hydrogen) atoms. The molecule has 0 unspecified atom stereocenters. The molecule has 1 aromatic carbocycles. The second-order valence-corrected chi connectivity index (χ2v) is 6.24. The molecule has 0 aliphatic carbocycles. The fourth-order valence-corrected chi connectivity index (χ4v) is 3.23. The van der Waals surface area contributed by atoms with Gasteiger partial charge < -0.3 is 9.64 Å². The molecule has 1 heterocycles. The molecule has 4 heteroatoms. The van der Waals surface area contributed by atoms with E-state index in [9.17, 15) is 4.79 Å². The molecular weight excluding hydrogens is 258 g/mol. The third-order valence-corrected chi connectivity index (χ3v) is 4.49. The van der Waals surface area contributed by atoms with Crippen molar-refractivity contribution in [2.75, 3.05) is 20.2 Å². The maximum absolute atomic E-state index is 12.3. The molecule has 0 bridgehead atoms. The lowest BCUT2D eigenvalue weighted by atomic mass is 10.1. The summed E-state index contributed by atoms with van der Waals surface area (Å²) >= 11 is 1.62. The number of carbonyl (C=O) groups excluding carboxylic acids is 1. The van der Waals surface area contributed by atoms with Gasteiger partial charge in [-0.05, 0) is 50.5 Å². The van der Waals surface area contributed by atoms with Crippen molar-refractivity contribution < 1.29 is 9.53 Å². The third-order valence-electron chi connectivity index (χ3n) is 3.39. The largest absolute Gasteiger partial charge is 0.497 e. The third kappa shape index (κ3) is 3.90. The number of hydrogen-bond acceptors (Lipinski definition) is 3. The van der Waals surface area contributed by atoms with Crippen molar-refractivity contribution in [1.29, 1.82) is 0 Å². The van der Waals surface area contributed by atoms with Crippen molar-refractivity contribution in [3.05, 3.63) is 24.3 Å². The van der Waals surface area contributed by atoms with Gasteiger partial charge in [0.25, 0.3) is 0 Å². The SMILES string of the molecule is COc1ccc(S[C@H](C)C(=O)N2CCCCC2)cc1. The molecular formula is C15H21NO2S. The van der Waals surface area contributed by atoms with Crippen molar-refractivity contribution >= 4 is 17.7 Å². The molecule has 0 spiro atoms. The minimum Gasteiger partial charge on any atom is -0.497 e. The highest BCUT2D eigenvalue weighted by molar-refractivity contribution is 8.00. The van der Waals surface area contributed by atoms with Gasteiger partial charge in [-0.3, -0.25) is 4.79 Å². The fourth-order valence-electron chi connectivity index (χ4n) is 2.28. The Balaban J connectivity index is 1.91.